The monoisotopic (exact) mass is 308 g/mol. The van der Waals surface area contributed by atoms with Gasteiger partial charge in [0.15, 0.2) is 0 Å². The maximum Gasteiger partial charge on any atom is 0.227 e. The molecule has 1 aromatic carbocycles. The largest absolute Gasteiger partial charge is 0.330 e. The predicted octanol–water partition coefficient (Wildman–Crippen LogP) is 2.43. The van der Waals surface area contributed by atoms with Crippen molar-refractivity contribution in [2.45, 2.75) is 24.0 Å². The van der Waals surface area contributed by atoms with E-state index in [1.165, 1.54) is 21.8 Å². The van der Waals surface area contributed by atoms with E-state index >= 15 is 0 Å². The van der Waals surface area contributed by atoms with Crippen molar-refractivity contribution in [3.63, 3.8) is 0 Å². The van der Waals surface area contributed by atoms with E-state index in [0.29, 0.717) is 18.1 Å². The van der Waals surface area contributed by atoms with Gasteiger partial charge in [0.1, 0.15) is 5.01 Å². The molecule has 0 saturated carbocycles. The van der Waals surface area contributed by atoms with Gasteiger partial charge in [0, 0.05) is 17.9 Å². The first kappa shape index (κ1) is 15.0. The third-order valence-corrected chi connectivity index (χ3v) is 4.51. The molecule has 20 heavy (non-hydrogen) atoms. The van der Waals surface area contributed by atoms with Crippen LogP contribution in [0.5, 0.6) is 0 Å². The number of nitrogens with one attached hydrogen (secondary N) is 1. The third kappa shape index (κ3) is 4.59. The van der Waals surface area contributed by atoms with E-state index < -0.39 is 0 Å². The molecule has 2 rings (SSSR count). The number of thioether (sulfide) groups is 1. The van der Waals surface area contributed by atoms with Crippen molar-refractivity contribution in [3.8, 4) is 0 Å². The Labute approximate surface area is 126 Å². The van der Waals surface area contributed by atoms with Gasteiger partial charge in [-0.15, -0.1) is 22.0 Å². The van der Waals surface area contributed by atoms with Crippen LogP contribution >= 0.6 is 23.1 Å². The molecule has 0 fully saturated rings. The molecule has 1 aromatic heterocycles. The molecule has 106 valence electrons. The quantitative estimate of drug-likeness (QED) is 0.801. The number of anilines is 1. The first-order chi connectivity index (χ1) is 9.67. The average Bonchev–Trinajstić information content (AvgIpc) is 2.86. The summed E-state index contributed by atoms with van der Waals surface area (Å²) in [6, 6.07) is 8.34. The topological polar surface area (TPSA) is 80.9 Å². The second kappa shape index (κ2) is 7.37. The van der Waals surface area contributed by atoms with Crippen molar-refractivity contribution in [1.82, 2.24) is 10.2 Å². The van der Waals surface area contributed by atoms with Crippen molar-refractivity contribution in [2.24, 2.45) is 5.73 Å². The van der Waals surface area contributed by atoms with Crippen molar-refractivity contribution >= 4 is 34.1 Å². The summed E-state index contributed by atoms with van der Waals surface area (Å²) in [7, 11) is 0. The Bertz CT molecular complexity index is 568. The highest BCUT2D eigenvalue weighted by molar-refractivity contribution is 7.98. The molecule has 0 saturated heterocycles. The molecule has 5 nitrogen and oxygen atoms in total. The zero-order valence-electron chi connectivity index (χ0n) is 11.1. The van der Waals surface area contributed by atoms with Crippen LogP contribution in [0.25, 0.3) is 0 Å². The highest BCUT2D eigenvalue weighted by Crippen LogP contribution is 2.26. The Morgan fingerprint density at radius 1 is 1.35 bits per heavy atom. The fourth-order valence-electron chi connectivity index (χ4n) is 1.45. The van der Waals surface area contributed by atoms with Gasteiger partial charge in [-0.1, -0.05) is 29.0 Å². The molecule has 0 radical (unpaired) electrons. The predicted molar refractivity (Wildman–Crippen MR) is 83.0 cm³/mol. The minimum Gasteiger partial charge on any atom is -0.330 e. The number of hydrogen-bond acceptors (Lipinski definition) is 6. The van der Waals surface area contributed by atoms with E-state index in [4.69, 9.17) is 5.73 Å². The van der Waals surface area contributed by atoms with E-state index in [9.17, 15) is 4.79 Å². The lowest BCUT2D eigenvalue weighted by Gasteiger charge is -1.99. The van der Waals surface area contributed by atoms with E-state index in [1.54, 1.807) is 11.8 Å². The van der Waals surface area contributed by atoms with E-state index in [1.807, 2.05) is 0 Å². The molecule has 2 aromatic rings. The fraction of sp³-hybridized carbons (Fsp3) is 0.308. The number of benzene rings is 1. The number of nitrogens with zero attached hydrogens (tertiary/aromatic N) is 2. The number of aryl methyl sites for hydroxylation is 1. The number of rotatable bonds is 6. The van der Waals surface area contributed by atoms with Crippen molar-refractivity contribution in [2.75, 3.05) is 11.9 Å². The van der Waals surface area contributed by atoms with Gasteiger partial charge in [-0.3, -0.25) is 4.79 Å². The SMILES string of the molecule is Cc1ccc(SCc2nnc(NC(=O)CCN)s2)cc1. The maximum absolute atomic E-state index is 11.4. The van der Waals surface area contributed by atoms with Gasteiger partial charge < -0.3 is 11.1 Å². The van der Waals surface area contributed by atoms with Crippen LogP contribution in [-0.4, -0.2) is 22.6 Å². The van der Waals surface area contributed by atoms with Crippen molar-refractivity contribution in [1.29, 1.82) is 0 Å². The Kier molecular flexibility index (Phi) is 5.51. The molecule has 0 spiro atoms. The standard InChI is InChI=1S/C13H16N4OS2/c1-9-2-4-10(5-3-9)19-8-12-16-17-13(20-12)15-11(18)6-7-14/h2-5H,6-8,14H2,1H3,(H,15,17,18). The van der Waals surface area contributed by atoms with Gasteiger partial charge in [-0.05, 0) is 19.1 Å². The summed E-state index contributed by atoms with van der Waals surface area (Å²) in [4.78, 5) is 12.6. The van der Waals surface area contributed by atoms with Crippen LogP contribution in [0.2, 0.25) is 0 Å². The Balaban J connectivity index is 1.86. The molecular weight excluding hydrogens is 292 g/mol. The number of carbonyl (C=O) groups excluding carboxylic acids is 1. The highest BCUT2D eigenvalue weighted by atomic mass is 32.2. The van der Waals surface area contributed by atoms with Crippen LogP contribution in [0.3, 0.4) is 0 Å². The molecule has 0 aliphatic carbocycles. The van der Waals surface area contributed by atoms with Crippen LogP contribution < -0.4 is 11.1 Å². The molecule has 0 unspecified atom stereocenters. The molecule has 7 heteroatoms. The first-order valence-electron chi connectivity index (χ1n) is 6.19. The van der Waals surface area contributed by atoms with Crippen LogP contribution in [-0.2, 0) is 10.5 Å². The van der Waals surface area contributed by atoms with Gasteiger partial charge >= 0.3 is 0 Å². The minimum absolute atomic E-state index is 0.124. The lowest BCUT2D eigenvalue weighted by atomic mass is 10.2. The maximum atomic E-state index is 11.4. The van der Waals surface area contributed by atoms with Crippen molar-refractivity contribution < 1.29 is 4.79 Å². The zero-order chi connectivity index (χ0) is 14.4. The smallest absolute Gasteiger partial charge is 0.227 e. The van der Waals surface area contributed by atoms with Gasteiger partial charge in [0.25, 0.3) is 0 Å². The lowest BCUT2D eigenvalue weighted by molar-refractivity contribution is -0.116. The third-order valence-electron chi connectivity index (χ3n) is 2.47. The van der Waals surface area contributed by atoms with Gasteiger partial charge in [0.05, 0.1) is 5.75 Å². The number of aromatic nitrogens is 2. The minimum atomic E-state index is -0.124. The molecular formula is C13H16N4OS2. The molecule has 0 atom stereocenters. The highest BCUT2D eigenvalue weighted by Gasteiger charge is 2.07. The Morgan fingerprint density at radius 3 is 2.80 bits per heavy atom. The van der Waals surface area contributed by atoms with Gasteiger partial charge in [-0.25, -0.2) is 0 Å². The zero-order valence-corrected chi connectivity index (χ0v) is 12.8. The fourth-order valence-corrected chi connectivity index (χ4v) is 3.10. The summed E-state index contributed by atoms with van der Waals surface area (Å²) in [5, 5.41) is 12.1. The summed E-state index contributed by atoms with van der Waals surface area (Å²) >= 11 is 3.09. The van der Waals surface area contributed by atoms with E-state index in [-0.39, 0.29) is 5.91 Å². The van der Waals surface area contributed by atoms with Gasteiger partial charge in [0.2, 0.25) is 11.0 Å². The first-order valence-corrected chi connectivity index (χ1v) is 7.99. The Hall–Kier alpha value is -1.44. The van der Waals surface area contributed by atoms with Crippen LogP contribution in [0.15, 0.2) is 29.2 Å². The van der Waals surface area contributed by atoms with Crippen LogP contribution in [0.4, 0.5) is 5.13 Å². The molecule has 0 aliphatic heterocycles. The summed E-state index contributed by atoms with van der Waals surface area (Å²) in [5.41, 5.74) is 6.56. The van der Waals surface area contributed by atoms with E-state index in [2.05, 4.69) is 46.7 Å². The average molecular weight is 308 g/mol. The summed E-state index contributed by atoms with van der Waals surface area (Å²) in [6.45, 7) is 2.40. The molecule has 1 heterocycles. The number of hydrogen-bond donors (Lipinski definition) is 2. The molecule has 0 aliphatic rings. The normalized spacial score (nSPS) is 10.5. The van der Waals surface area contributed by atoms with E-state index in [0.717, 1.165) is 10.8 Å². The summed E-state index contributed by atoms with van der Waals surface area (Å²) in [5.74, 6) is 0.620. The van der Waals surface area contributed by atoms with Gasteiger partial charge in [-0.2, -0.15) is 0 Å². The summed E-state index contributed by atoms with van der Waals surface area (Å²) < 4.78 is 0. The Morgan fingerprint density at radius 2 is 2.10 bits per heavy atom. The van der Waals surface area contributed by atoms with Crippen molar-refractivity contribution in [3.05, 3.63) is 34.8 Å². The molecule has 0 bridgehead atoms. The molecule has 1 amide bonds. The molecule has 3 N–H and O–H groups in total. The van der Waals surface area contributed by atoms with Crippen LogP contribution in [0, 0.1) is 6.92 Å². The number of amides is 1. The second-order valence-electron chi connectivity index (χ2n) is 4.19. The lowest BCUT2D eigenvalue weighted by Crippen LogP contribution is -2.15. The number of nitrogens with two attached hydrogens (primary N) is 1. The van der Waals surface area contributed by atoms with Crippen LogP contribution in [0.1, 0.15) is 17.0 Å². The second-order valence-corrected chi connectivity index (χ2v) is 6.30. The number of carbonyl (C=O) groups is 1. The summed E-state index contributed by atoms with van der Waals surface area (Å²) in [6.07, 6.45) is 0.299.